The topological polar surface area (TPSA) is 67.0 Å². The number of rotatable bonds is 3. The SMILES string of the molecule is O=C(NC[C@@H]1COc2ccccc2C1)c1n[nH]c2c1CCCC2. The molecule has 1 amide bonds. The molecule has 23 heavy (non-hydrogen) atoms. The second-order valence-corrected chi connectivity index (χ2v) is 6.44. The van der Waals surface area contributed by atoms with Gasteiger partial charge in [-0.2, -0.15) is 5.10 Å². The standard InChI is InChI=1S/C18H21N3O2/c22-18(17-14-6-2-3-7-15(14)20-21-17)19-10-12-9-13-5-1-4-8-16(13)23-11-12/h1,4-5,8,12H,2-3,6-7,9-11H2,(H,19,22)(H,20,21)/t12-/m1/s1. The zero-order chi connectivity index (χ0) is 15.6. The zero-order valence-electron chi connectivity index (χ0n) is 13.1. The number of aryl methyl sites for hydroxylation is 1. The van der Waals surface area contributed by atoms with E-state index in [9.17, 15) is 4.79 Å². The smallest absolute Gasteiger partial charge is 0.272 e. The number of fused-ring (bicyclic) bond motifs is 2. The van der Waals surface area contributed by atoms with Crippen molar-refractivity contribution >= 4 is 5.91 Å². The molecular weight excluding hydrogens is 290 g/mol. The van der Waals surface area contributed by atoms with Crippen LogP contribution in [0.15, 0.2) is 24.3 Å². The van der Waals surface area contributed by atoms with Crippen molar-refractivity contribution in [1.29, 1.82) is 0 Å². The van der Waals surface area contributed by atoms with Gasteiger partial charge in [-0.3, -0.25) is 9.89 Å². The average molecular weight is 311 g/mol. The van der Waals surface area contributed by atoms with Crippen LogP contribution < -0.4 is 10.1 Å². The van der Waals surface area contributed by atoms with Crippen LogP contribution in [0, 0.1) is 5.92 Å². The van der Waals surface area contributed by atoms with Crippen LogP contribution in [0.3, 0.4) is 0 Å². The number of hydrogen-bond acceptors (Lipinski definition) is 3. The van der Waals surface area contributed by atoms with Gasteiger partial charge in [-0.1, -0.05) is 18.2 Å². The Hall–Kier alpha value is -2.30. The van der Waals surface area contributed by atoms with E-state index in [1.165, 1.54) is 12.0 Å². The number of amides is 1. The molecule has 1 atom stereocenters. The number of carbonyl (C=O) groups excluding carboxylic acids is 1. The molecule has 1 aromatic carbocycles. The third kappa shape index (κ3) is 2.83. The summed E-state index contributed by atoms with van der Waals surface area (Å²) in [5.41, 5.74) is 4.04. The van der Waals surface area contributed by atoms with Gasteiger partial charge in [-0.25, -0.2) is 0 Å². The second kappa shape index (κ2) is 6.07. The summed E-state index contributed by atoms with van der Waals surface area (Å²) in [5.74, 6) is 1.21. The minimum Gasteiger partial charge on any atom is -0.493 e. The summed E-state index contributed by atoms with van der Waals surface area (Å²) in [6.45, 7) is 1.27. The quantitative estimate of drug-likeness (QED) is 0.914. The van der Waals surface area contributed by atoms with E-state index in [2.05, 4.69) is 21.6 Å². The lowest BCUT2D eigenvalue weighted by Crippen LogP contribution is -2.35. The van der Waals surface area contributed by atoms with Crippen LogP contribution in [-0.2, 0) is 19.3 Å². The minimum atomic E-state index is -0.0664. The molecule has 0 spiro atoms. The van der Waals surface area contributed by atoms with Crippen molar-refractivity contribution in [2.45, 2.75) is 32.1 Å². The van der Waals surface area contributed by atoms with Crippen molar-refractivity contribution in [3.63, 3.8) is 0 Å². The third-order valence-corrected chi connectivity index (χ3v) is 4.78. The van der Waals surface area contributed by atoms with Gasteiger partial charge >= 0.3 is 0 Å². The predicted molar refractivity (Wildman–Crippen MR) is 86.7 cm³/mol. The molecule has 5 heteroatoms. The van der Waals surface area contributed by atoms with Crippen molar-refractivity contribution in [1.82, 2.24) is 15.5 Å². The van der Waals surface area contributed by atoms with E-state index in [4.69, 9.17) is 4.74 Å². The van der Waals surface area contributed by atoms with Gasteiger partial charge in [0.2, 0.25) is 0 Å². The van der Waals surface area contributed by atoms with Gasteiger partial charge in [-0.15, -0.1) is 0 Å². The molecule has 1 aromatic heterocycles. The summed E-state index contributed by atoms with van der Waals surface area (Å²) in [7, 11) is 0. The van der Waals surface area contributed by atoms with Crippen LogP contribution in [-0.4, -0.2) is 29.3 Å². The van der Waals surface area contributed by atoms with E-state index < -0.39 is 0 Å². The molecule has 0 saturated carbocycles. The Bertz CT molecular complexity index is 723. The van der Waals surface area contributed by atoms with Gasteiger partial charge in [0.05, 0.1) is 6.61 Å². The van der Waals surface area contributed by atoms with E-state index in [1.54, 1.807) is 0 Å². The first-order valence-corrected chi connectivity index (χ1v) is 8.36. The van der Waals surface area contributed by atoms with Gasteiger partial charge < -0.3 is 10.1 Å². The summed E-state index contributed by atoms with van der Waals surface area (Å²) in [6, 6.07) is 8.11. The predicted octanol–water partition coefficient (Wildman–Crippen LogP) is 2.27. The highest BCUT2D eigenvalue weighted by Gasteiger charge is 2.24. The van der Waals surface area contributed by atoms with E-state index in [0.29, 0.717) is 24.8 Å². The number of para-hydroxylation sites is 1. The van der Waals surface area contributed by atoms with E-state index in [1.807, 2.05) is 18.2 Å². The number of nitrogens with one attached hydrogen (secondary N) is 2. The molecule has 0 unspecified atom stereocenters. The molecular formula is C18H21N3O2. The molecule has 0 bridgehead atoms. The normalized spacial score (nSPS) is 19.4. The molecule has 2 aliphatic rings. The maximum absolute atomic E-state index is 12.4. The summed E-state index contributed by atoms with van der Waals surface area (Å²) in [5, 5.41) is 10.3. The van der Waals surface area contributed by atoms with Crippen molar-refractivity contribution in [3.8, 4) is 5.75 Å². The van der Waals surface area contributed by atoms with Gasteiger partial charge in [0, 0.05) is 23.7 Å². The Kier molecular flexibility index (Phi) is 3.77. The van der Waals surface area contributed by atoms with E-state index in [0.717, 1.165) is 42.7 Å². The number of aromatic nitrogens is 2. The highest BCUT2D eigenvalue weighted by Crippen LogP contribution is 2.26. The Morgan fingerprint density at radius 2 is 2.17 bits per heavy atom. The molecule has 4 rings (SSSR count). The molecule has 0 saturated heterocycles. The molecule has 120 valence electrons. The number of ether oxygens (including phenoxy) is 1. The fourth-order valence-corrected chi connectivity index (χ4v) is 3.51. The molecule has 1 aliphatic heterocycles. The first kappa shape index (κ1) is 14.3. The van der Waals surface area contributed by atoms with Gasteiger partial charge in [0.25, 0.3) is 5.91 Å². The fraction of sp³-hybridized carbons (Fsp3) is 0.444. The van der Waals surface area contributed by atoms with Crippen molar-refractivity contribution in [2.75, 3.05) is 13.2 Å². The first-order valence-electron chi connectivity index (χ1n) is 8.36. The zero-order valence-corrected chi connectivity index (χ0v) is 13.1. The summed E-state index contributed by atoms with van der Waals surface area (Å²) in [4.78, 5) is 12.4. The van der Waals surface area contributed by atoms with Crippen molar-refractivity contribution in [3.05, 3.63) is 46.8 Å². The highest BCUT2D eigenvalue weighted by atomic mass is 16.5. The lowest BCUT2D eigenvalue weighted by molar-refractivity contribution is 0.0933. The van der Waals surface area contributed by atoms with E-state index in [-0.39, 0.29) is 5.91 Å². The Labute approximate surface area is 135 Å². The van der Waals surface area contributed by atoms with Crippen molar-refractivity contribution in [2.24, 2.45) is 5.92 Å². The largest absolute Gasteiger partial charge is 0.493 e. The Balaban J connectivity index is 1.38. The number of benzene rings is 1. The second-order valence-electron chi connectivity index (χ2n) is 6.44. The Morgan fingerprint density at radius 1 is 1.30 bits per heavy atom. The highest BCUT2D eigenvalue weighted by molar-refractivity contribution is 5.94. The number of aromatic amines is 1. The minimum absolute atomic E-state index is 0.0664. The monoisotopic (exact) mass is 311 g/mol. The van der Waals surface area contributed by atoms with Gasteiger partial charge in [-0.05, 0) is 43.7 Å². The summed E-state index contributed by atoms with van der Waals surface area (Å²) >= 11 is 0. The molecule has 0 fully saturated rings. The van der Waals surface area contributed by atoms with Gasteiger partial charge in [0.15, 0.2) is 5.69 Å². The lowest BCUT2D eigenvalue weighted by Gasteiger charge is -2.25. The molecule has 5 nitrogen and oxygen atoms in total. The van der Waals surface area contributed by atoms with Crippen molar-refractivity contribution < 1.29 is 9.53 Å². The molecule has 1 aliphatic carbocycles. The van der Waals surface area contributed by atoms with Crippen LogP contribution in [0.1, 0.15) is 40.2 Å². The molecule has 0 radical (unpaired) electrons. The van der Waals surface area contributed by atoms with Crippen LogP contribution in [0.4, 0.5) is 0 Å². The lowest BCUT2D eigenvalue weighted by atomic mass is 9.95. The maximum atomic E-state index is 12.4. The fourth-order valence-electron chi connectivity index (χ4n) is 3.51. The average Bonchev–Trinajstić information content (AvgIpc) is 3.03. The molecule has 2 aromatic rings. The number of nitrogens with zero attached hydrogens (tertiary/aromatic N) is 1. The first-order chi connectivity index (χ1) is 11.3. The third-order valence-electron chi connectivity index (χ3n) is 4.78. The van der Waals surface area contributed by atoms with Crippen LogP contribution in [0.2, 0.25) is 0 Å². The molecule has 2 heterocycles. The number of H-pyrrole nitrogens is 1. The number of hydrogen-bond donors (Lipinski definition) is 2. The van der Waals surface area contributed by atoms with Crippen LogP contribution in [0.5, 0.6) is 5.75 Å². The van der Waals surface area contributed by atoms with E-state index >= 15 is 0 Å². The van der Waals surface area contributed by atoms with Crippen LogP contribution >= 0.6 is 0 Å². The van der Waals surface area contributed by atoms with Gasteiger partial charge in [0.1, 0.15) is 5.75 Å². The number of carbonyl (C=O) groups is 1. The summed E-state index contributed by atoms with van der Waals surface area (Å²) < 4.78 is 5.78. The maximum Gasteiger partial charge on any atom is 0.272 e. The Morgan fingerprint density at radius 3 is 3.13 bits per heavy atom. The molecule has 2 N–H and O–H groups in total. The van der Waals surface area contributed by atoms with Crippen LogP contribution in [0.25, 0.3) is 0 Å². The summed E-state index contributed by atoms with van der Waals surface area (Å²) in [6.07, 6.45) is 5.21.